The van der Waals surface area contributed by atoms with Crippen molar-refractivity contribution in [1.29, 1.82) is 0 Å². The van der Waals surface area contributed by atoms with Crippen LogP contribution in [0.15, 0.2) is 36.4 Å². The number of aryl methyl sites for hydroxylation is 1. The predicted octanol–water partition coefficient (Wildman–Crippen LogP) is 2.23. The van der Waals surface area contributed by atoms with Crippen LogP contribution in [-0.2, 0) is 17.9 Å². The van der Waals surface area contributed by atoms with Crippen molar-refractivity contribution in [3.63, 3.8) is 0 Å². The van der Waals surface area contributed by atoms with Crippen LogP contribution < -0.4 is 9.64 Å². The summed E-state index contributed by atoms with van der Waals surface area (Å²) in [5.74, 6) is 3.41. The largest absolute Gasteiger partial charge is 0.497 e. The van der Waals surface area contributed by atoms with Gasteiger partial charge >= 0.3 is 0 Å². The van der Waals surface area contributed by atoms with Gasteiger partial charge in [0.2, 0.25) is 0 Å². The number of aromatic nitrogens is 5. The summed E-state index contributed by atoms with van der Waals surface area (Å²) in [6, 6.07) is 11.9. The molecule has 4 heterocycles. The molecule has 0 bridgehead atoms. The van der Waals surface area contributed by atoms with Crippen molar-refractivity contribution in [3.8, 4) is 17.1 Å². The molecule has 0 aliphatic carbocycles. The van der Waals surface area contributed by atoms with Crippen molar-refractivity contribution in [2.75, 3.05) is 25.1 Å². The lowest BCUT2D eigenvalue weighted by Gasteiger charge is -2.34. The third-order valence-corrected chi connectivity index (χ3v) is 5.53. The molecule has 0 amide bonds. The topological polar surface area (TPSA) is 78.2 Å². The van der Waals surface area contributed by atoms with Gasteiger partial charge < -0.3 is 18.9 Å². The quantitative estimate of drug-likeness (QED) is 0.691. The summed E-state index contributed by atoms with van der Waals surface area (Å²) >= 11 is 0. The second kappa shape index (κ2) is 6.56. The van der Waals surface area contributed by atoms with Crippen molar-refractivity contribution in [1.82, 2.24) is 25.0 Å². The standard InChI is InChI=1S/C20H22N6O2/c1-14-6-7-17(22-21-14)25-9-8-20(12-25)13-26-18(11-28-20)23-24-19(26)15-4-3-5-16(10-15)27-2/h3-7,10H,8-9,11-13H2,1-2H3. The number of nitrogens with zero attached hydrogens (tertiary/aromatic N) is 6. The number of rotatable bonds is 3. The van der Waals surface area contributed by atoms with Gasteiger partial charge in [-0.05, 0) is 37.6 Å². The highest BCUT2D eigenvalue weighted by atomic mass is 16.5. The number of anilines is 1. The van der Waals surface area contributed by atoms with Crippen LogP contribution in [0.2, 0.25) is 0 Å². The summed E-state index contributed by atoms with van der Waals surface area (Å²) in [6.45, 7) is 4.80. The molecule has 0 saturated carbocycles. The molecule has 8 nitrogen and oxygen atoms in total. The van der Waals surface area contributed by atoms with E-state index in [2.05, 4.69) is 29.9 Å². The van der Waals surface area contributed by atoms with Crippen molar-refractivity contribution >= 4 is 5.82 Å². The maximum Gasteiger partial charge on any atom is 0.164 e. The molecule has 2 aliphatic rings. The summed E-state index contributed by atoms with van der Waals surface area (Å²) in [5.41, 5.74) is 1.65. The Morgan fingerprint density at radius 3 is 2.82 bits per heavy atom. The van der Waals surface area contributed by atoms with E-state index in [4.69, 9.17) is 9.47 Å². The van der Waals surface area contributed by atoms with Gasteiger partial charge in [-0.3, -0.25) is 0 Å². The Labute approximate surface area is 163 Å². The third-order valence-electron chi connectivity index (χ3n) is 5.53. The Balaban J connectivity index is 1.42. The number of fused-ring (bicyclic) bond motifs is 1. The number of hydrogen-bond acceptors (Lipinski definition) is 7. The maximum absolute atomic E-state index is 6.28. The Kier molecular flexibility index (Phi) is 4.01. The summed E-state index contributed by atoms with van der Waals surface area (Å²) in [4.78, 5) is 2.24. The monoisotopic (exact) mass is 378 g/mol. The van der Waals surface area contributed by atoms with Crippen LogP contribution in [0.25, 0.3) is 11.4 Å². The van der Waals surface area contributed by atoms with Gasteiger partial charge in [0, 0.05) is 12.1 Å². The molecule has 144 valence electrons. The lowest BCUT2D eigenvalue weighted by Crippen LogP contribution is -2.44. The zero-order valence-electron chi connectivity index (χ0n) is 16.0. The van der Waals surface area contributed by atoms with Crippen molar-refractivity contribution < 1.29 is 9.47 Å². The Hall–Kier alpha value is -3.00. The number of methoxy groups -OCH3 is 1. The minimum absolute atomic E-state index is 0.268. The summed E-state index contributed by atoms with van der Waals surface area (Å²) in [6.07, 6.45) is 0.928. The molecule has 3 aromatic rings. The van der Waals surface area contributed by atoms with Crippen LogP contribution in [-0.4, -0.2) is 50.8 Å². The van der Waals surface area contributed by atoms with Gasteiger partial charge in [-0.2, -0.15) is 5.10 Å². The SMILES string of the molecule is COc1cccc(-c2nnc3n2CC2(CCN(c4ccc(C)nn4)C2)OC3)c1. The minimum atomic E-state index is -0.268. The first-order chi connectivity index (χ1) is 13.7. The average molecular weight is 378 g/mol. The number of ether oxygens (including phenoxy) is 2. The van der Waals surface area contributed by atoms with Crippen LogP contribution in [0.3, 0.4) is 0 Å². The van der Waals surface area contributed by atoms with E-state index in [1.54, 1.807) is 7.11 Å². The molecule has 1 unspecified atom stereocenters. The van der Waals surface area contributed by atoms with Crippen molar-refractivity contribution in [2.45, 2.75) is 32.1 Å². The molecule has 1 fully saturated rings. The molecule has 1 saturated heterocycles. The fourth-order valence-electron chi connectivity index (χ4n) is 3.98. The molecule has 0 radical (unpaired) electrons. The molecule has 2 aliphatic heterocycles. The van der Waals surface area contributed by atoms with E-state index < -0.39 is 0 Å². The van der Waals surface area contributed by atoms with E-state index in [1.165, 1.54) is 0 Å². The second-order valence-electron chi connectivity index (χ2n) is 7.43. The average Bonchev–Trinajstić information content (AvgIpc) is 3.33. The van der Waals surface area contributed by atoms with Crippen LogP contribution >= 0.6 is 0 Å². The number of hydrogen-bond donors (Lipinski definition) is 0. The highest BCUT2D eigenvalue weighted by molar-refractivity contribution is 5.58. The molecular formula is C20H22N6O2. The second-order valence-corrected chi connectivity index (χ2v) is 7.43. The fraction of sp³-hybridized carbons (Fsp3) is 0.400. The minimum Gasteiger partial charge on any atom is -0.497 e. The molecular weight excluding hydrogens is 356 g/mol. The predicted molar refractivity (Wildman–Crippen MR) is 103 cm³/mol. The first kappa shape index (κ1) is 17.1. The van der Waals surface area contributed by atoms with E-state index in [1.807, 2.05) is 43.3 Å². The molecule has 0 N–H and O–H groups in total. The fourth-order valence-corrected chi connectivity index (χ4v) is 3.98. The van der Waals surface area contributed by atoms with Gasteiger partial charge in [-0.1, -0.05) is 12.1 Å². The smallest absolute Gasteiger partial charge is 0.164 e. The zero-order valence-corrected chi connectivity index (χ0v) is 16.0. The molecule has 2 aromatic heterocycles. The first-order valence-corrected chi connectivity index (χ1v) is 9.42. The van der Waals surface area contributed by atoms with Gasteiger partial charge in [-0.25, -0.2) is 0 Å². The molecule has 1 spiro atoms. The lowest BCUT2D eigenvalue weighted by molar-refractivity contribution is -0.0748. The molecule has 8 heteroatoms. The molecule has 5 rings (SSSR count). The summed E-state index contributed by atoms with van der Waals surface area (Å²) in [5, 5.41) is 17.3. The van der Waals surface area contributed by atoms with E-state index in [0.29, 0.717) is 6.61 Å². The summed E-state index contributed by atoms with van der Waals surface area (Å²) < 4.78 is 13.8. The van der Waals surface area contributed by atoms with Crippen LogP contribution in [0.4, 0.5) is 5.82 Å². The van der Waals surface area contributed by atoms with E-state index >= 15 is 0 Å². The van der Waals surface area contributed by atoms with Gasteiger partial charge in [-0.15, -0.1) is 15.3 Å². The van der Waals surface area contributed by atoms with Gasteiger partial charge in [0.1, 0.15) is 18.0 Å². The number of benzene rings is 1. The molecule has 1 aromatic carbocycles. The van der Waals surface area contributed by atoms with Crippen LogP contribution in [0.5, 0.6) is 5.75 Å². The maximum atomic E-state index is 6.28. The lowest BCUT2D eigenvalue weighted by atomic mass is 10.0. The molecule has 28 heavy (non-hydrogen) atoms. The van der Waals surface area contributed by atoms with Gasteiger partial charge in [0.15, 0.2) is 17.5 Å². The highest BCUT2D eigenvalue weighted by Gasteiger charge is 2.44. The normalized spacial score (nSPS) is 21.1. The van der Waals surface area contributed by atoms with Gasteiger partial charge in [0.05, 0.1) is 25.9 Å². The van der Waals surface area contributed by atoms with E-state index in [9.17, 15) is 0 Å². The van der Waals surface area contributed by atoms with E-state index in [0.717, 1.165) is 60.5 Å². The van der Waals surface area contributed by atoms with Crippen molar-refractivity contribution in [2.24, 2.45) is 0 Å². The Bertz CT molecular complexity index is 1000. The first-order valence-electron chi connectivity index (χ1n) is 9.42. The highest BCUT2D eigenvalue weighted by Crippen LogP contribution is 2.36. The van der Waals surface area contributed by atoms with Crippen LogP contribution in [0.1, 0.15) is 17.9 Å². The Morgan fingerprint density at radius 2 is 2.00 bits per heavy atom. The van der Waals surface area contributed by atoms with Crippen molar-refractivity contribution in [3.05, 3.63) is 47.9 Å². The zero-order chi connectivity index (χ0) is 19.1. The molecule has 1 atom stereocenters. The van der Waals surface area contributed by atoms with E-state index in [-0.39, 0.29) is 5.60 Å². The third kappa shape index (κ3) is 2.90. The van der Waals surface area contributed by atoms with Gasteiger partial charge in [0.25, 0.3) is 0 Å². The van der Waals surface area contributed by atoms with Crippen LogP contribution in [0, 0.1) is 6.92 Å². The Morgan fingerprint density at radius 1 is 1.07 bits per heavy atom. The summed E-state index contributed by atoms with van der Waals surface area (Å²) in [7, 11) is 1.67.